The van der Waals surface area contributed by atoms with Gasteiger partial charge in [0.15, 0.2) is 6.10 Å². The summed E-state index contributed by atoms with van der Waals surface area (Å²) in [5, 5.41) is 2.88. The van der Waals surface area contributed by atoms with Gasteiger partial charge < -0.3 is 24.4 Å². The number of carbonyl (C=O) groups excluding carboxylic acids is 1. The van der Waals surface area contributed by atoms with Crippen LogP contribution in [-0.4, -0.2) is 45.4 Å². The molecule has 1 atom stereocenters. The summed E-state index contributed by atoms with van der Waals surface area (Å²) in [6, 6.07) is 15.0. The van der Waals surface area contributed by atoms with Crippen LogP contribution in [0.1, 0.15) is 6.92 Å². The molecule has 6 heteroatoms. The van der Waals surface area contributed by atoms with Gasteiger partial charge in [0, 0.05) is 24.5 Å². The molecule has 1 heterocycles. The van der Waals surface area contributed by atoms with Crippen LogP contribution in [0.25, 0.3) is 0 Å². The quantitative estimate of drug-likeness (QED) is 0.862. The van der Waals surface area contributed by atoms with Crippen molar-refractivity contribution in [3.05, 3.63) is 48.5 Å². The van der Waals surface area contributed by atoms with Crippen molar-refractivity contribution in [1.29, 1.82) is 0 Å². The maximum Gasteiger partial charge on any atom is 0.265 e. The van der Waals surface area contributed by atoms with Crippen LogP contribution in [0.3, 0.4) is 0 Å². The first-order chi connectivity index (χ1) is 12.7. The molecule has 1 aliphatic rings. The summed E-state index contributed by atoms with van der Waals surface area (Å²) >= 11 is 0. The van der Waals surface area contributed by atoms with E-state index in [1.165, 1.54) is 0 Å². The van der Waals surface area contributed by atoms with E-state index in [2.05, 4.69) is 10.2 Å². The topological polar surface area (TPSA) is 60.0 Å². The molecule has 0 aliphatic carbocycles. The summed E-state index contributed by atoms with van der Waals surface area (Å²) in [6.07, 6.45) is -0.609. The van der Waals surface area contributed by atoms with E-state index in [0.29, 0.717) is 5.75 Å². The first-order valence-corrected chi connectivity index (χ1v) is 8.70. The monoisotopic (exact) mass is 356 g/mol. The van der Waals surface area contributed by atoms with E-state index in [9.17, 15) is 4.79 Å². The highest BCUT2D eigenvalue weighted by atomic mass is 16.5. The molecule has 0 aromatic heterocycles. The lowest BCUT2D eigenvalue weighted by Crippen LogP contribution is -2.36. The molecule has 1 saturated heterocycles. The smallest absolute Gasteiger partial charge is 0.265 e. The summed E-state index contributed by atoms with van der Waals surface area (Å²) in [5.74, 6) is 1.17. The molecule has 6 nitrogen and oxygen atoms in total. The highest BCUT2D eigenvalue weighted by Crippen LogP contribution is 2.21. The Kier molecular flexibility index (Phi) is 5.96. The number of benzene rings is 2. The van der Waals surface area contributed by atoms with Crippen LogP contribution in [0.4, 0.5) is 11.4 Å². The van der Waals surface area contributed by atoms with E-state index in [1.54, 1.807) is 38.3 Å². The van der Waals surface area contributed by atoms with Crippen LogP contribution in [0, 0.1) is 0 Å². The van der Waals surface area contributed by atoms with Crippen molar-refractivity contribution < 1.29 is 19.0 Å². The maximum absolute atomic E-state index is 12.3. The van der Waals surface area contributed by atoms with Gasteiger partial charge in [0.25, 0.3) is 5.91 Å². The van der Waals surface area contributed by atoms with E-state index in [0.717, 1.165) is 43.4 Å². The van der Waals surface area contributed by atoms with Crippen molar-refractivity contribution in [2.75, 3.05) is 43.6 Å². The van der Waals surface area contributed by atoms with Crippen molar-refractivity contribution in [3.63, 3.8) is 0 Å². The third kappa shape index (κ3) is 4.67. The molecule has 26 heavy (non-hydrogen) atoms. The van der Waals surface area contributed by atoms with Crippen molar-refractivity contribution in [1.82, 2.24) is 0 Å². The molecule has 1 N–H and O–H groups in total. The SMILES string of the molecule is COc1ccc(O[C@@H](C)C(=O)Nc2ccc(N3CCOCC3)cc2)cc1. The molecule has 138 valence electrons. The molecule has 2 aromatic rings. The minimum atomic E-state index is -0.609. The van der Waals surface area contributed by atoms with Gasteiger partial charge in [0.2, 0.25) is 0 Å². The summed E-state index contributed by atoms with van der Waals surface area (Å²) < 4.78 is 16.2. The molecule has 2 aromatic carbocycles. The number of nitrogens with one attached hydrogen (secondary N) is 1. The zero-order valence-electron chi connectivity index (χ0n) is 15.1. The van der Waals surface area contributed by atoms with Crippen molar-refractivity contribution >= 4 is 17.3 Å². The lowest BCUT2D eigenvalue weighted by Gasteiger charge is -2.29. The van der Waals surface area contributed by atoms with Gasteiger partial charge in [-0.05, 0) is 55.5 Å². The fourth-order valence-corrected chi connectivity index (χ4v) is 2.73. The van der Waals surface area contributed by atoms with E-state index >= 15 is 0 Å². The number of rotatable bonds is 6. The number of amides is 1. The number of hydrogen-bond donors (Lipinski definition) is 1. The Morgan fingerprint density at radius 2 is 1.65 bits per heavy atom. The molecule has 0 unspecified atom stereocenters. The van der Waals surface area contributed by atoms with Gasteiger partial charge >= 0.3 is 0 Å². The molecule has 0 bridgehead atoms. The number of morpholine rings is 1. The Morgan fingerprint density at radius 1 is 1.04 bits per heavy atom. The summed E-state index contributed by atoms with van der Waals surface area (Å²) in [7, 11) is 1.61. The second-order valence-electron chi connectivity index (χ2n) is 6.07. The second-order valence-corrected chi connectivity index (χ2v) is 6.07. The van der Waals surface area contributed by atoms with E-state index < -0.39 is 6.10 Å². The number of nitrogens with zero attached hydrogens (tertiary/aromatic N) is 1. The zero-order chi connectivity index (χ0) is 18.4. The van der Waals surface area contributed by atoms with E-state index in [1.807, 2.05) is 24.3 Å². The average Bonchev–Trinajstić information content (AvgIpc) is 2.70. The Morgan fingerprint density at radius 3 is 2.27 bits per heavy atom. The highest BCUT2D eigenvalue weighted by molar-refractivity contribution is 5.94. The molecule has 0 saturated carbocycles. The van der Waals surface area contributed by atoms with E-state index in [-0.39, 0.29) is 5.91 Å². The zero-order valence-corrected chi connectivity index (χ0v) is 15.1. The molecule has 0 spiro atoms. The van der Waals surface area contributed by atoms with Gasteiger partial charge in [0.1, 0.15) is 11.5 Å². The lowest BCUT2D eigenvalue weighted by atomic mass is 10.2. The predicted molar refractivity (Wildman–Crippen MR) is 101 cm³/mol. The van der Waals surface area contributed by atoms with Crippen molar-refractivity contribution in [2.24, 2.45) is 0 Å². The minimum absolute atomic E-state index is 0.194. The van der Waals surface area contributed by atoms with Crippen molar-refractivity contribution in [3.8, 4) is 11.5 Å². The van der Waals surface area contributed by atoms with Crippen LogP contribution >= 0.6 is 0 Å². The molecule has 3 rings (SSSR count). The first-order valence-electron chi connectivity index (χ1n) is 8.70. The van der Waals surface area contributed by atoms with E-state index in [4.69, 9.17) is 14.2 Å². The van der Waals surface area contributed by atoms with Gasteiger partial charge in [-0.3, -0.25) is 4.79 Å². The third-order valence-corrected chi connectivity index (χ3v) is 4.25. The number of ether oxygens (including phenoxy) is 3. The van der Waals surface area contributed by atoms with Crippen LogP contribution < -0.4 is 19.7 Å². The summed E-state index contributed by atoms with van der Waals surface area (Å²) in [5.41, 5.74) is 1.88. The second kappa shape index (κ2) is 8.58. The highest BCUT2D eigenvalue weighted by Gasteiger charge is 2.16. The molecule has 1 aliphatic heterocycles. The maximum atomic E-state index is 12.3. The van der Waals surface area contributed by atoms with Gasteiger partial charge in [0.05, 0.1) is 20.3 Å². The van der Waals surface area contributed by atoms with Gasteiger partial charge in [-0.1, -0.05) is 0 Å². The van der Waals surface area contributed by atoms with Gasteiger partial charge in [-0.15, -0.1) is 0 Å². The fraction of sp³-hybridized carbons (Fsp3) is 0.350. The largest absolute Gasteiger partial charge is 0.497 e. The normalized spacial score (nSPS) is 15.2. The lowest BCUT2D eigenvalue weighted by molar-refractivity contribution is -0.122. The standard InChI is InChI=1S/C20H24N2O4/c1-15(26-19-9-7-18(24-2)8-10-19)20(23)21-16-3-5-17(6-4-16)22-11-13-25-14-12-22/h3-10,15H,11-14H2,1-2H3,(H,21,23)/t15-/m0/s1. The number of hydrogen-bond acceptors (Lipinski definition) is 5. The summed E-state index contributed by atoms with van der Waals surface area (Å²) in [6.45, 7) is 5.00. The third-order valence-electron chi connectivity index (χ3n) is 4.25. The van der Waals surface area contributed by atoms with Crippen molar-refractivity contribution in [2.45, 2.75) is 13.0 Å². The Labute approximate surface area is 153 Å². The number of anilines is 2. The van der Waals surface area contributed by atoms with Crippen LogP contribution in [0.2, 0.25) is 0 Å². The Hall–Kier alpha value is -2.73. The molecular formula is C20H24N2O4. The van der Waals surface area contributed by atoms with Crippen LogP contribution in [-0.2, 0) is 9.53 Å². The molecule has 0 radical (unpaired) electrons. The van der Waals surface area contributed by atoms with Gasteiger partial charge in [-0.2, -0.15) is 0 Å². The van der Waals surface area contributed by atoms with Crippen LogP contribution in [0.5, 0.6) is 11.5 Å². The minimum Gasteiger partial charge on any atom is -0.497 e. The average molecular weight is 356 g/mol. The molecule has 1 fully saturated rings. The number of methoxy groups -OCH3 is 1. The summed E-state index contributed by atoms with van der Waals surface area (Å²) in [4.78, 5) is 14.6. The van der Waals surface area contributed by atoms with Gasteiger partial charge in [-0.25, -0.2) is 0 Å². The molecular weight excluding hydrogens is 332 g/mol. The van der Waals surface area contributed by atoms with Crippen LogP contribution in [0.15, 0.2) is 48.5 Å². The fourth-order valence-electron chi connectivity index (χ4n) is 2.73. The Balaban J connectivity index is 1.54. The predicted octanol–water partition coefficient (Wildman–Crippen LogP) is 2.94. The number of carbonyl (C=O) groups is 1. The molecule has 1 amide bonds. The Bertz CT molecular complexity index is 710. The first kappa shape index (κ1) is 18.1.